The molecule has 0 aliphatic carbocycles. The van der Waals surface area contributed by atoms with Gasteiger partial charge in [0.2, 0.25) is 5.91 Å². The Morgan fingerprint density at radius 3 is 1.36 bits per heavy atom. The van der Waals surface area contributed by atoms with E-state index in [0.29, 0.717) is 12.8 Å². The molecule has 2 fully saturated rings. The molecule has 0 aromatic heterocycles. The van der Waals surface area contributed by atoms with Gasteiger partial charge in [-0.05, 0) is 96.3 Å². The van der Waals surface area contributed by atoms with Crippen molar-refractivity contribution in [3.8, 4) is 0 Å². The quantitative estimate of drug-likeness (QED) is 0.0205. The first kappa shape index (κ1) is 69.2. The molecule has 77 heavy (non-hydrogen) atoms. The summed E-state index contributed by atoms with van der Waals surface area (Å²) in [6.45, 7) is 2.55. The van der Waals surface area contributed by atoms with Crippen LogP contribution in [0.1, 0.15) is 162 Å². The summed E-state index contributed by atoms with van der Waals surface area (Å²) >= 11 is 0. The largest absolute Gasteiger partial charge is 0.394 e. The molecule has 2 saturated heterocycles. The van der Waals surface area contributed by atoms with Crippen LogP contribution >= 0.6 is 0 Å². The summed E-state index contributed by atoms with van der Waals surface area (Å²) in [7, 11) is 0. The summed E-state index contributed by atoms with van der Waals surface area (Å²) < 4.78 is 22.6. The number of unbranched alkanes of at least 4 members (excludes halogenated alkanes) is 8. The zero-order valence-electron chi connectivity index (χ0n) is 46.6. The maximum Gasteiger partial charge on any atom is 0.220 e. The standard InChI is InChI=1S/C63H101NO13/c1-3-5-7-9-10-11-12-13-14-15-16-17-18-19-20-21-22-23-24-25-26-27-28-29-30-31-32-33-34-35-36-37-38-39-40-41-42-43-45-47-55(68)64-51(52(67)46-44-8-6-4-2)50-74-62-60(73)58(71)61(54(49-66)76-62)77-63-59(72)57(70)56(69)53(48-65)75-63/h5,7,10-11,13-14,16-17,19-20,22-23,25-26,28-29,31-32,34-35,37-38,51-54,56-63,65-67,69-73H,3-4,6,8-9,12,15,18,21,24,27,30,33,36,39-50H2,1-2H3,(H,64,68)/b7-5-,11-10-,14-13-,17-16-,20-19-,23-22-,26-25-,29-28-,32-31-,35-34-,38-37-. The molecule has 1 amide bonds. The molecule has 14 nitrogen and oxygen atoms in total. The summed E-state index contributed by atoms with van der Waals surface area (Å²) in [5.74, 6) is -0.242. The number of carbonyl (C=O) groups excluding carboxylic acids is 1. The van der Waals surface area contributed by atoms with Crippen molar-refractivity contribution in [2.45, 2.75) is 235 Å². The van der Waals surface area contributed by atoms with Crippen molar-refractivity contribution < 1.29 is 64.6 Å². The van der Waals surface area contributed by atoms with Crippen LogP contribution in [0.5, 0.6) is 0 Å². The van der Waals surface area contributed by atoms with Crippen molar-refractivity contribution in [2.24, 2.45) is 0 Å². The molecule has 9 N–H and O–H groups in total. The SMILES string of the molecule is CC/C=C\C/C=C\C/C=C\C/C=C\C/C=C\C/C=C\C/C=C\C/C=C\C/C=C\C/C=C\C/C=C\CCCCCCCC(=O)NC(COC1OC(CO)C(OC2OC(CO)C(O)C(O)C2O)C(O)C1O)C(O)CCCCCC. The lowest BCUT2D eigenvalue weighted by Crippen LogP contribution is -2.65. The number of aliphatic hydroxyl groups excluding tert-OH is 8. The number of nitrogens with one attached hydrogen (secondary N) is 1. The first-order valence-corrected chi connectivity index (χ1v) is 28.9. The molecule has 12 unspecified atom stereocenters. The van der Waals surface area contributed by atoms with E-state index in [1.165, 1.54) is 0 Å². The highest BCUT2D eigenvalue weighted by atomic mass is 16.7. The third kappa shape index (κ3) is 32.7. The van der Waals surface area contributed by atoms with Gasteiger partial charge in [0.25, 0.3) is 0 Å². The van der Waals surface area contributed by atoms with E-state index in [4.69, 9.17) is 18.9 Å². The van der Waals surface area contributed by atoms with Crippen LogP contribution in [-0.4, -0.2) is 140 Å². The smallest absolute Gasteiger partial charge is 0.220 e. The molecule has 2 heterocycles. The third-order valence-corrected chi connectivity index (χ3v) is 13.1. The lowest BCUT2D eigenvalue weighted by atomic mass is 9.97. The monoisotopic (exact) mass is 1080 g/mol. The molecule has 0 bridgehead atoms. The number of carbonyl (C=O) groups is 1. The van der Waals surface area contributed by atoms with Crippen molar-refractivity contribution in [3.63, 3.8) is 0 Å². The Hall–Kier alpha value is -3.87. The fraction of sp³-hybridized carbons (Fsp3) is 0.635. The van der Waals surface area contributed by atoms with Crippen LogP contribution in [0, 0.1) is 0 Å². The van der Waals surface area contributed by atoms with E-state index in [-0.39, 0.29) is 18.9 Å². The fourth-order valence-corrected chi connectivity index (χ4v) is 8.47. The minimum Gasteiger partial charge on any atom is -0.394 e. The van der Waals surface area contributed by atoms with Gasteiger partial charge < -0.3 is 65.1 Å². The van der Waals surface area contributed by atoms with Gasteiger partial charge >= 0.3 is 0 Å². The molecular weight excluding hydrogens is 979 g/mol. The van der Waals surface area contributed by atoms with Gasteiger partial charge in [-0.2, -0.15) is 0 Å². The van der Waals surface area contributed by atoms with Gasteiger partial charge in [-0.25, -0.2) is 0 Å². The first-order valence-electron chi connectivity index (χ1n) is 28.9. The van der Waals surface area contributed by atoms with Gasteiger partial charge in [-0.15, -0.1) is 0 Å². The Bertz CT molecular complexity index is 1800. The maximum absolute atomic E-state index is 13.1. The van der Waals surface area contributed by atoms with E-state index in [9.17, 15) is 45.6 Å². The van der Waals surface area contributed by atoms with Crippen LogP contribution in [0.25, 0.3) is 0 Å². The minimum atomic E-state index is -1.79. The van der Waals surface area contributed by atoms with E-state index in [2.05, 4.69) is 153 Å². The van der Waals surface area contributed by atoms with Crippen LogP contribution in [-0.2, 0) is 23.7 Å². The number of amides is 1. The molecule has 0 aromatic carbocycles. The van der Waals surface area contributed by atoms with Gasteiger partial charge in [0.15, 0.2) is 12.6 Å². The van der Waals surface area contributed by atoms with E-state index >= 15 is 0 Å². The van der Waals surface area contributed by atoms with E-state index in [1.54, 1.807) is 0 Å². The molecule has 12 atom stereocenters. The van der Waals surface area contributed by atoms with Gasteiger partial charge in [0, 0.05) is 6.42 Å². The minimum absolute atomic E-state index is 0.242. The van der Waals surface area contributed by atoms with Gasteiger partial charge in [-0.3, -0.25) is 4.79 Å². The summed E-state index contributed by atoms with van der Waals surface area (Å²) in [4.78, 5) is 13.1. The second-order valence-corrected chi connectivity index (χ2v) is 19.7. The van der Waals surface area contributed by atoms with E-state index < -0.39 is 86.8 Å². The number of allylic oxidation sites excluding steroid dienone is 22. The number of rotatable bonds is 43. The second kappa shape index (κ2) is 47.0. The lowest BCUT2D eigenvalue weighted by molar-refractivity contribution is -0.359. The summed E-state index contributed by atoms with van der Waals surface area (Å²) in [5, 5.41) is 86.3. The molecule has 0 saturated carbocycles. The fourth-order valence-electron chi connectivity index (χ4n) is 8.47. The Balaban J connectivity index is 1.56. The highest BCUT2D eigenvalue weighted by Crippen LogP contribution is 2.30. The highest BCUT2D eigenvalue weighted by Gasteiger charge is 2.51. The number of hydrogen-bond acceptors (Lipinski definition) is 13. The topological polar surface area (TPSA) is 228 Å². The van der Waals surface area contributed by atoms with Crippen molar-refractivity contribution in [1.82, 2.24) is 5.32 Å². The van der Waals surface area contributed by atoms with Crippen LogP contribution in [0.4, 0.5) is 0 Å². The number of ether oxygens (including phenoxy) is 4. The molecule has 436 valence electrons. The Morgan fingerprint density at radius 2 is 0.896 bits per heavy atom. The van der Waals surface area contributed by atoms with Crippen molar-refractivity contribution in [2.75, 3.05) is 19.8 Å². The van der Waals surface area contributed by atoms with E-state index in [0.717, 1.165) is 128 Å². The molecule has 0 spiro atoms. The highest BCUT2D eigenvalue weighted by molar-refractivity contribution is 5.76. The zero-order valence-corrected chi connectivity index (χ0v) is 46.6. The molecule has 2 rings (SSSR count). The lowest BCUT2D eigenvalue weighted by Gasteiger charge is -2.46. The predicted molar refractivity (Wildman–Crippen MR) is 308 cm³/mol. The Morgan fingerprint density at radius 1 is 0.481 bits per heavy atom. The maximum atomic E-state index is 13.1. The Labute approximate surface area is 462 Å². The molecule has 0 radical (unpaired) electrons. The Kier molecular flexibility index (Phi) is 42.2. The first-order chi connectivity index (χ1) is 37.6. The van der Waals surface area contributed by atoms with Crippen LogP contribution < -0.4 is 5.32 Å². The van der Waals surface area contributed by atoms with Crippen molar-refractivity contribution in [1.29, 1.82) is 0 Å². The zero-order chi connectivity index (χ0) is 56.0. The average molecular weight is 1080 g/mol. The predicted octanol–water partition coefficient (Wildman–Crippen LogP) is 9.60. The molecule has 2 aliphatic heterocycles. The second-order valence-electron chi connectivity index (χ2n) is 19.7. The molecule has 14 heteroatoms. The van der Waals surface area contributed by atoms with Crippen molar-refractivity contribution in [3.05, 3.63) is 134 Å². The van der Waals surface area contributed by atoms with Crippen LogP contribution in [0.15, 0.2) is 134 Å². The number of hydrogen-bond donors (Lipinski definition) is 9. The van der Waals surface area contributed by atoms with E-state index in [1.807, 2.05) is 0 Å². The summed E-state index contributed by atoms with van der Waals surface area (Å²) in [6.07, 6.45) is 52.7. The molecule has 0 aromatic rings. The van der Waals surface area contributed by atoms with Gasteiger partial charge in [-0.1, -0.05) is 192 Å². The van der Waals surface area contributed by atoms with Crippen molar-refractivity contribution >= 4 is 5.91 Å². The van der Waals surface area contributed by atoms with Gasteiger partial charge in [0.05, 0.1) is 32.0 Å². The average Bonchev–Trinajstić information content (AvgIpc) is 3.43. The normalized spacial score (nSPS) is 25.7. The third-order valence-electron chi connectivity index (χ3n) is 13.1. The number of aliphatic hydroxyl groups is 8. The molecule has 2 aliphatic rings. The molecular formula is C63H101NO13. The van der Waals surface area contributed by atoms with Crippen LogP contribution in [0.3, 0.4) is 0 Å². The summed E-state index contributed by atoms with van der Waals surface area (Å²) in [6, 6.07) is -0.844. The van der Waals surface area contributed by atoms with Gasteiger partial charge in [0.1, 0.15) is 48.8 Å². The summed E-state index contributed by atoms with van der Waals surface area (Å²) in [5.41, 5.74) is 0. The van der Waals surface area contributed by atoms with Crippen LogP contribution in [0.2, 0.25) is 0 Å².